The molecule has 0 aromatic carbocycles. The average Bonchev–Trinajstić information content (AvgIpc) is 1.91. The van der Waals surface area contributed by atoms with E-state index in [1.54, 1.807) is 0 Å². The van der Waals surface area contributed by atoms with Crippen molar-refractivity contribution < 1.29 is 69.3 Å². The first kappa shape index (κ1) is 12.9. The molecule has 1 aromatic heterocycles. The fourth-order valence-corrected chi connectivity index (χ4v) is 0.821. The molecule has 0 bridgehead atoms. The Bertz CT molecular complexity index is 149. The second kappa shape index (κ2) is 6.04. The monoisotopic (exact) mass is 160 g/mol. The molecule has 0 aliphatic rings. The van der Waals surface area contributed by atoms with E-state index in [1.165, 1.54) is 10.8 Å². The molecule has 5 heteroatoms. The molecule has 0 saturated heterocycles. The van der Waals surface area contributed by atoms with Gasteiger partial charge in [-0.15, -0.1) is 11.5 Å². The zero-order chi connectivity index (χ0) is 5.28. The molecule has 2 nitrogen and oxygen atoms in total. The minimum Gasteiger partial charge on any atom is -0.872 e. The molecular weight excluding hydrogens is 158 g/mol. The minimum atomic E-state index is -0.398. The number of rotatable bonds is 0. The molecule has 0 spiro atoms. The van der Waals surface area contributed by atoms with Gasteiger partial charge in [0.1, 0.15) is 0 Å². The summed E-state index contributed by atoms with van der Waals surface area (Å²) in [6, 6.07) is 0. The van der Waals surface area contributed by atoms with Crippen LogP contribution in [0.2, 0.25) is 0 Å². The van der Waals surface area contributed by atoms with Gasteiger partial charge in [-0.25, -0.2) is 0 Å². The molecule has 0 fully saturated rings. The Labute approximate surface area is 101 Å². The summed E-state index contributed by atoms with van der Waals surface area (Å²) in [6.07, 6.45) is 0. The summed E-state index contributed by atoms with van der Waals surface area (Å²) >= 11 is 1.14. The summed E-state index contributed by atoms with van der Waals surface area (Å²) in [5.41, 5.74) is 0. The van der Waals surface area contributed by atoms with Crippen LogP contribution in [0.5, 0.6) is 11.5 Å². The van der Waals surface area contributed by atoms with Gasteiger partial charge in [0.25, 0.3) is 0 Å². The van der Waals surface area contributed by atoms with E-state index < -0.39 is 11.5 Å². The quantitative estimate of drug-likeness (QED) is 0.354. The molecule has 1 heterocycles. The van der Waals surface area contributed by atoms with Gasteiger partial charge in [-0.2, -0.15) is 11.3 Å². The minimum absolute atomic E-state index is 0. The van der Waals surface area contributed by atoms with Gasteiger partial charge in [-0.1, -0.05) is 0 Å². The number of hydrogen-bond donors (Lipinski definition) is 0. The molecule has 38 valence electrons. The zero-order valence-corrected chi connectivity index (χ0v) is 10.2. The summed E-state index contributed by atoms with van der Waals surface area (Å²) < 4.78 is 0. The molecule has 0 aliphatic carbocycles. The van der Waals surface area contributed by atoms with Crippen LogP contribution < -0.4 is 69.3 Å². The van der Waals surface area contributed by atoms with Gasteiger partial charge in [0, 0.05) is 0 Å². The maximum absolute atomic E-state index is 10.1. The standard InChI is InChI=1S/C4H4O2S.2Na/c5-3-1-7-2-4(3)6;;/h1-2,5-6H;;/q;2*+1/p-2. The molecule has 1 rings (SSSR count). The molecule has 0 atom stereocenters. The van der Waals surface area contributed by atoms with E-state index in [0.29, 0.717) is 0 Å². The molecule has 0 unspecified atom stereocenters. The van der Waals surface area contributed by atoms with Gasteiger partial charge in [0.05, 0.1) is 0 Å². The Morgan fingerprint density at radius 3 is 1.44 bits per heavy atom. The van der Waals surface area contributed by atoms with Gasteiger partial charge < -0.3 is 10.2 Å². The van der Waals surface area contributed by atoms with E-state index in [9.17, 15) is 10.2 Å². The van der Waals surface area contributed by atoms with E-state index in [1.807, 2.05) is 0 Å². The van der Waals surface area contributed by atoms with Crippen LogP contribution in [0, 0.1) is 0 Å². The van der Waals surface area contributed by atoms with E-state index >= 15 is 0 Å². The molecule has 0 radical (unpaired) electrons. The van der Waals surface area contributed by atoms with Crippen molar-refractivity contribution >= 4 is 11.3 Å². The van der Waals surface area contributed by atoms with Crippen LogP contribution in [-0.4, -0.2) is 0 Å². The Balaban J connectivity index is 0. The molecule has 1 aromatic rings. The predicted molar refractivity (Wildman–Crippen MR) is 23.2 cm³/mol. The van der Waals surface area contributed by atoms with E-state index in [2.05, 4.69) is 0 Å². The molecule has 0 N–H and O–H groups in total. The molecule has 0 saturated carbocycles. The fourth-order valence-electron chi connectivity index (χ4n) is 0.274. The van der Waals surface area contributed by atoms with Crippen molar-refractivity contribution in [2.24, 2.45) is 0 Å². The number of thiophene rings is 1. The van der Waals surface area contributed by atoms with Gasteiger partial charge in [-0.05, 0) is 10.8 Å². The van der Waals surface area contributed by atoms with Crippen LogP contribution >= 0.6 is 11.3 Å². The van der Waals surface area contributed by atoms with Crippen LogP contribution in [0.25, 0.3) is 0 Å². The van der Waals surface area contributed by atoms with Gasteiger partial charge >= 0.3 is 59.1 Å². The second-order valence-electron chi connectivity index (χ2n) is 1.10. The first-order valence-corrected chi connectivity index (χ1v) is 2.65. The van der Waals surface area contributed by atoms with E-state index in [0.717, 1.165) is 11.3 Å². The Hall–Kier alpha value is 1.30. The van der Waals surface area contributed by atoms with Gasteiger partial charge in [0.2, 0.25) is 0 Å². The predicted octanol–water partition coefficient (Wildman–Crippen LogP) is -6.10. The maximum atomic E-state index is 10.1. The number of hydrogen-bond acceptors (Lipinski definition) is 3. The van der Waals surface area contributed by atoms with Crippen LogP contribution in [0.4, 0.5) is 0 Å². The van der Waals surface area contributed by atoms with Crippen molar-refractivity contribution in [2.75, 3.05) is 0 Å². The van der Waals surface area contributed by atoms with Crippen LogP contribution in [0.1, 0.15) is 0 Å². The zero-order valence-electron chi connectivity index (χ0n) is 5.38. The normalized spacial score (nSPS) is 7.11. The van der Waals surface area contributed by atoms with E-state index in [-0.39, 0.29) is 59.1 Å². The van der Waals surface area contributed by atoms with Gasteiger partial charge in [-0.3, -0.25) is 0 Å². The molecule has 0 aliphatic heterocycles. The van der Waals surface area contributed by atoms with Crippen molar-refractivity contribution in [2.45, 2.75) is 0 Å². The van der Waals surface area contributed by atoms with Crippen molar-refractivity contribution in [3.05, 3.63) is 10.8 Å². The molecule has 9 heavy (non-hydrogen) atoms. The first-order chi connectivity index (χ1) is 3.30. The molecule has 0 amide bonds. The van der Waals surface area contributed by atoms with Crippen molar-refractivity contribution in [3.63, 3.8) is 0 Å². The Morgan fingerprint density at radius 1 is 1.00 bits per heavy atom. The first-order valence-electron chi connectivity index (χ1n) is 1.71. The third-order valence-corrected chi connectivity index (χ3v) is 1.29. The van der Waals surface area contributed by atoms with Crippen molar-refractivity contribution in [1.29, 1.82) is 0 Å². The summed E-state index contributed by atoms with van der Waals surface area (Å²) in [4.78, 5) is 0. The Kier molecular flexibility index (Phi) is 8.68. The SMILES string of the molecule is [Na+].[Na+].[O-]c1cscc1[O-]. The van der Waals surface area contributed by atoms with Crippen molar-refractivity contribution in [3.8, 4) is 11.5 Å². The smallest absolute Gasteiger partial charge is 0.872 e. The van der Waals surface area contributed by atoms with Crippen molar-refractivity contribution in [1.82, 2.24) is 0 Å². The third-order valence-electron chi connectivity index (χ3n) is 0.593. The summed E-state index contributed by atoms with van der Waals surface area (Å²) in [7, 11) is 0. The second-order valence-corrected chi connectivity index (χ2v) is 1.84. The summed E-state index contributed by atoms with van der Waals surface area (Å²) in [5.74, 6) is -0.796. The van der Waals surface area contributed by atoms with Crippen LogP contribution in [0.3, 0.4) is 0 Å². The largest absolute Gasteiger partial charge is 1.00 e. The third kappa shape index (κ3) is 3.88. The summed E-state index contributed by atoms with van der Waals surface area (Å²) in [5, 5.41) is 22.8. The van der Waals surface area contributed by atoms with Crippen LogP contribution in [0.15, 0.2) is 10.8 Å². The topological polar surface area (TPSA) is 46.1 Å². The van der Waals surface area contributed by atoms with E-state index in [4.69, 9.17) is 0 Å². The van der Waals surface area contributed by atoms with Gasteiger partial charge in [0.15, 0.2) is 0 Å². The average molecular weight is 160 g/mol. The molecular formula is C4H2Na2O2S. The maximum Gasteiger partial charge on any atom is 1.00 e. The summed E-state index contributed by atoms with van der Waals surface area (Å²) in [6.45, 7) is 0. The Morgan fingerprint density at radius 2 is 1.33 bits per heavy atom. The fraction of sp³-hybridized carbons (Fsp3) is 0. The van der Waals surface area contributed by atoms with Crippen LogP contribution in [-0.2, 0) is 0 Å².